The Labute approximate surface area is 97.8 Å². The number of nitrogens with two attached hydrogens (primary N) is 1. The smallest absolute Gasteiger partial charge is 0.123 e. The molecule has 1 aromatic rings. The molecule has 0 amide bonds. The van der Waals surface area contributed by atoms with E-state index in [-0.39, 0.29) is 17.6 Å². The van der Waals surface area contributed by atoms with Gasteiger partial charge in [0.05, 0.1) is 6.10 Å². The van der Waals surface area contributed by atoms with Crippen LogP contribution in [0.4, 0.5) is 0 Å². The van der Waals surface area contributed by atoms with Crippen molar-refractivity contribution in [1.29, 1.82) is 0 Å². The van der Waals surface area contributed by atoms with Crippen molar-refractivity contribution < 1.29 is 4.74 Å². The highest BCUT2D eigenvalue weighted by Crippen LogP contribution is 2.59. The summed E-state index contributed by atoms with van der Waals surface area (Å²) in [6.07, 6.45) is 0.208. The summed E-state index contributed by atoms with van der Waals surface area (Å²) < 4.78 is 5.83. The second-order valence-corrected chi connectivity index (χ2v) is 5.53. The number of para-hydroxylation sites is 1. The lowest BCUT2D eigenvalue weighted by atomic mass is 10.0. The first kappa shape index (κ1) is 11.5. The second-order valence-electron chi connectivity index (χ2n) is 5.53. The summed E-state index contributed by atoms with van der Waals surface area (Å²) in [5.74, 6) is 1.42. The summed E-state index contributed by atoms with van der Waals surface area (Å²) in [5, 5.41) is 0. The molecule has 2 heteroatoms. The van der Waals surface area contributed by atoms with E-state index in [9.17, 15) is 0 Å². The van der Waals surface area contributed by atoms with Crippen molar-refractivity contribution in [3.63, 3.8) is 0 Å². The maximum atomic E-state index is 6.12. The van der Waals surface area contributed by atoms with Crippen molar-refractivity contribution in [2.24, 2.45) is 11.1 Å². The van der Waals surface area contributed by atoms with E-state index < -0.39 is 0 Å². The van der Waals surface area contributed by atoms with Gasteiger partial charge in [-0.1, -0.05) is 32.0 Å². The van der Waals surface area contributed by atoms with Gasteiger partial charge in [-0.25, -0.2) is 0 Å². The quantitative estimate of drug-likeness (QED) is 0.848. The molecule has 0 heterocycles. The summed E-state index contributed by atoms with van der Waals surface area (Å²) in [6.45, 7) is 8.53. The van der Waals surface area contributed by atoms with Crippen molar-refractivity contribution in [3.05, 3.63) is 29.8 Å². The molecule has 0 saturated heterocycles. The van der Waals surface area contributed by atoms with Gasteiger partial charge in [0.15, 0.2) is 0 Å². The standard InChI is InChI=1S/C14H21NO/c1-9(2)16-11-8-6-5-7-10(11)12-13(15)14(12,3)4/h5-9,12-13H,15H2,1-4H3/t12-,13-/m1/s1. The molecule has 1 aromatic carbocycles. The van der Waals surface area contributed by atoms with Gasteiger partial charge in [0.1, 0.15) is 5.75 Å². The van der Waals surface area contributed by atoms with E-state index in [4.69, 9.17) is 10.5 Å². The summed E-state index contributed by atoms with van der Waals surface area (Å²) in [4.78, 5) is 0. The van der Waals surface area contributed by atoms with Crippen molar-refractivity contribution in [3.8, 4) is 5.75 Å². The van der Waals surface area contributed by atoms with Crippen LogP contribution >= 0.6 is 0 Å². The van der Waals surface area contributed by atoms with Crippen LogP contribution in [0.15, 0.2) is 24.3 Å². The van der Waals surface area contributed by atoms with E-state index in [1.807, 2.05) is 12.1 Å². The van der Waals surface area contributed by atoms with Crippen LogP contribution in [0.25, 0.3) is 0 Å². The van der Waals surface area contributed by atoms with E-state index in [1.54, 1.807) is 0 Å². The van der Waals surface area contributed by atoms with Crippen LogP contribution in [0.5, 0.6) is 5.75 Å². The molecule has 1 fully saturated rings. The van der Waals surface area contributed by atoms with Crippen molar-refractivity contribution in [1.82, 2.24) is 0 Å². The number of hydrogen-bond acceptors (Lipinski definition) is 2. The van der Waals surface area contributed by atoms with Crippen LogP contribution in [-0.2, 0) is 0 Å². The third-order valence-electron chi connectivity index (χ3n) is 3.53. The Morgan fingerprint density at radius 1 is 1.25 bits per heavy atom. The Balaban J connectivity index is 2.28. The normalized spacial score (nSPS) is 26.9. The van der Waals surface area contributed by atoms with E-state index >= 15 is 0 Å². The lowest BCUT2D eigenvalue weighted by Gasteiger charge is -2.14. The van der Waals surface area contributed by atoms with Gasteiger partial charge >= 0.3 is 0 Å². The van der Waals surface area contributed by atoms with Gasteiger partial charge in [-0.3, -0.25) is 0 Å². The molecule has 0 aliphatic heterocycles. The first-order chi connectivity index (χ1) is 7.44. The molecule has 1 aliphatic rings. The molecule has 1 saturated carbocycles. The zero-order chi connectivity index (χ0) is 11.9. The van der Waals surface area contributed by atoms with E-state index in [2.05, 4.69) is 39.8 Å². The maximum Gasteiger partial charge on any atom is 0.123 e. The van der Waals surface area contributed by atoms with Gasteiger partial charge in [0.25, 0.3) is 0 Å². The lowest BCUT2D eigenvalue weighted by Crippen LogP contribution is -2.08. The Morgan fingerprint density at radius 3 is 2.31 bits per heavy atom. The highest BCUT2D eigenvalue weighted by Gasteiger charge is 2.57. The van der Waals surface area contributed by atoms with Crippen molar-refractivity contribution >= 4 is 0 Å². The molecule has 0 bridgehead atoms. The number of ether oxygens (including phenoxy) is 1. The highest BCUT2D eigenvalue weighted by molar-refractivity contribution is 5.44. The van der Waals surface area contributed by atoms with Crippen LogP contribution in [0, 0.1) is 5.41 Å². The predicted octanol–water partition coefficient (Wildman–Crippen LogP) is 2.92. The van der Waals surface area contributed by atoms with E-state index in [0.29, 0.717) is 5.92 Å². The van der Waals surface area contributed by atoms with Gasteiger partial charge in [0, 0.05) is 12.0 Å². The average molecular weight is 219 g/mol. The third-order valence-corrected chi connectivity index (χ3v) is 3.53. The SMILES string of the molecule is CC(C)Oc1ccccc1[C@@H]1[C@@H](N)C1(C)C. The Morgan fingerprint density at radius 2 is 1.81 bits per heavy atom. The summed E-state index contributed by atoms with van der Waals surface area (Å²) in [6, 6.07) is 8.50. The first-order valence-corrected chi connectivity index (χ1v) is 5.95. The molecule has 0 radical (unpaired) electrons. The molecule has 16 heavy (non-hydrogen) atoms. The molecule has 88 valence electrons. The van der Waals surface area contributed by atoms with E-state index in [0.717, 1.165) is 5.75 Å². The van der Waals surface area contributed by atoms with Crippen molar-refractivity contribution in [2.75, 3.05) is 0 Å². The molecule has 2 atom stereocenters. The fourth-order valence-corrected chi connectivity index (χ4v) is 2.37. The number of benzene rings is 1. The molecule has 1 aliphatic carbocycles. The Bertz CT molecular complexity index is 384. The van der Waals surface area contributed by atoms with E-state index in [1.165, 1.54) is 5.56 Å². The van der Waals surface area contributed by atoms with Crippen LogP contribution in [0.3, 0.4) is 0 Å². The van der Waals surface area contributed by atoms with Gasteiger partial charge in [0.2, 0.25) is 0 Å². The second kappa shape index (κ2) is 3.77. The highest BCUT2D eigenvalue weighted by atomic mass is 16.5. The largest absolute Gasteiger partial charge is 0.491 e. The molecule has 0 unspecified atom stereocenters. The average Bonchev–Trinajstić information content (AvgIpc) is 2.67. The zero-order valence-electron chi connectivity index (χ0n) is 10.5. The summed E-state index contributed by atoms with van der Waals surface area (Å²) in [5.41, 5.74) is 7.58. The number of rotatable bonds is 3. The minimum absolute atomic E-state index is 0.205. The fraction of sp³-hybridized carbons (Fsp3) is 0.571. The molecular weight excluding hydrogens is 198 g/mol. The Hall–Kier alpha value is -1.02. The maximum absolute atomic E-state index is 6.12. The zero-order valence-corrected chi connectivity index (χ0v) is 10.5. The Kier molecular flexibility index (Phi) is 2.70. The minimum atomic E-state index is 0.205. The van der Waals surface area contributed by atoms with Gasteiger partial charge in [-0.15, -0.1) is 0 Å². The van der Waals surface area contributed by atoms with Gasteiger partial charge in [-0.05, 0) is 30.9 Å². The molecule has 0 spiro atoms. The third kappa shape index (κ3) is 1.82. The summed E-state index contributed by atoms with van der Waals surface area (Å²) >= 11 is 0. The molecule has 2 N–H and O–H groups in total. The van der Waals surface area contributed by atoms with Crippen LogP contribution < -0.4 is 10.5 Å². The fourth-order valence-electron chi connectivity index (χ4n) is 2.37. The predicted molar refractivity (Wildman–Crippen MR) is 66.7 cm³/mol. The lowest BCUT2D eigenvalue weighted by molar-refractivity contribution is 0.239. The van der Waals surface area contributed by atoms with Crippen LogP contribution in [0.1, 0.15) is 39.2 Å². The number of hydrogen-bond donors (Lipinski definition) is 1. The van der Waals surface area contributed by atoms with Crippen molar-refractivity contribution in [2.45, 2.75) is 45.8 Å². The molecule has 2 nitrogen and oxygen atoms in total. The van der Waals surface area contributed by atoms with Gasteiger partial charge in [-0.2, -0.15) is 0 Å². The van der Waals surface area contributed by atoms with Gasteiger partial charge < -0.3 is 10.5 Å². The minimum Gasteiger partial charge on any atom is -0.491 e. The van der Waals surface area contributed by atoms with Crippen LogP contribution in [0.2, 0.25) is 0 Å². The molecular formula is C14H21NO. The summed E-state index contributed by atoms with van der Waals surface area (Å²) in [7, 11) is 0. The molecule has 2 rings (SSSR count). The molecule has 0 aromatic heterocycles. The topological polar surface area (TPSA) is 35.2 Å². The first-order valence-electron chi connectivity index (χ1n) is 5.95. The monoisotopic (exact) mass is 219 g/mol. The van der Waals surface area contributed by atoms with Crippen LogP contribution in [-0.4, -0.2) is 12.1 Å².